The quantitative estimate of drug-likeness (QED) is 0.744. The van der Waals surface area contributed by atoms with Crippen molar-refractivity contribution in [2.24, 2.45) is 5.92 Å². The first-order valence-electron chi connectivity index (χ1n) is 4.98. The first kappa shape index (κ1) is 11.1. The van der Waals surface area contributed by atoms with Crippen LogP contribution in [0.25, 0.3) is 0 Å². The van der Waals surface area contributed by atoms with Crippen LogP contribution in [-0.4, -0.2) is 23.2 Å². The zero-order chi connectivity index (χ0) is 10.4. The van der Waals surface area contributed by atoms with E-state index in [0.717, 1.165) is 12.1 Å². The normalized spacial score (nSPS) is 13.1. The SMILES string of the molecule is CC(C)CNC(CO)c1ccncc1. The Kier molecular flexibility index (Phi) is 4.56. The molecule has 0 aliphatic carbocycles. The first-order valence-corrected chi connectivity index (χ1v) is 4.98. The van der Waals surface area contributed by atoms with Crippen molar-refractivity contribution >= 4 is 0 Å². The molecule has 0 aromatic carbocycles. The van der Waals surface area contributed by atoms with Gasteiger partial charge in [-0.3, -0.25) is 4.98 Å². The molecular formula is C11H18N2O. The molecule has 14 heavy (non-hydrogen) atoms. The van der Waals surface area contributed by atoms with E-state index in [-0.39, 0.29) is 12.6 Å². The number of rotatable bonds is 5. The van der Waals surface area contributed by atoms with Crippen molar-refractivity contribution in [2.45, 2.75) is 19.9 Å². The molecule has 0 saturated carbocycles. The van der Waals surface area contributed by atoms with Gasteiger partial charge in [-0.05, 0) is 30.2 Å². The van der Waals surface area contributed by atoms with E-state index < -0.39 is 0 Å². The molecule has 0 radical (unpaired) electrons. The number of pyridine rings is 1. The minimum atomic E-state index is 0.0281. The highest BCUT2D eigenvalue weighted by Gasteiger charge is 2.09. The van der Waals surface area contributed by atoms with Gasteiger partial charge in [0.05, 0.1) is 12.6 Å². The van der Waals surface area contributed by atoms with Crippen LogP contribution in [0.15, 0.2) is 24.5 Å². The number of hydrogen-bond donors (Lipinski definition) is 2. The predicted molar refractivity (Wildman–Crippen MR) is 56.9 cm³/mol. The molecule has 1 aromatic rings. The summed E-state index contributed by atoms with van der Waals surface area (Å²) in [7, 11) is 0. The molecule has 1 unspecified atom stereocenters. The second-order valence-electron chi connectivity index (χ2n) is 3.82. The Balaban J connectivity index is 2.54. The van der Waals surface area contributed by atoms with Gasteiger partial charge in [-0.2, -0.15) is 0 Å². The maximum atomic E-state index is 9.21. The Labute approximate surface area is 85.2 Å². The van der Waals surface area contributed by atoms with Gasteiger partial charge < -0.3 is 10.4 Å². The average molecular weight is 194 g/mol. The third kappa shape index (κ3) is 3.44. The molecule has 0 saturated heterocycles. The molecule has 1 aromatic heterocycles. The molecule has 3 nitrogen and oxygen atoms in total. The minimum absolute atomic E-state index is 0.0281. The summed E-state index contributed by atoms with van der Waals surface area (Å²) in [5.41, 5.74) is 1.09. The maximum Gasteiger partial charge on any atom is 0.0626 e. The fourth-order valence-corrected chi connectivity index (χ4v) is 1.26. The summed E-state index contributed by atoms with van der Waals surface area (Å²) in [6.07, 6.45) is 3.49. The highest BCUT2D eigenvalue weighted by molar-refractivity contribution is 5.14. The Morgan fingerprint density at radius 3 is 2.50 bits per heavy atom. The van der Waals surface area contributed by atoms with E-state index in [1.807, 2.05) is 12.1 Å². The molecule has 0 aliphatic heterocycles. The lowest BCUT2D eigenvalue weighted by atomic mass is 10.1. The molecule has 0 amide bonds. The van der Waals surface area contributed by atoms with Crippen LogP contribution >= 0.6 is 0 Å². The standard InChI is InChI=1S/C11H18N2O/c1-9(2)7-13-11(8-14)10-3-5-12-6-4-10/h3-6,9,11,13-14H,7-8H2,1-2H3. The minimum Gasteiger partial charge on any atom is -0.394 e. The van der Waals surface area contributed by atoms with Crippen LogP contribution in [0.5, 0.6) is 0 Å². The summed E-state index contributed by atoms with van der Waals surface area (Å²) in [6, 6.07) is 3.88. The molecule has 78 valence electrons. The van der Waals surface area contributed by atoms with Crippen molar-refractivity contribution in [1.29, 1.82) is 0 Å². The van der Waals surface area contributed by atoms with Crippen molar-refractivity contribution in [3.05, 3.63) is 30.1 Å². The number of hydrogen-bond acceptors (Lipinski definition) is 3. The molecule has 0 spiro atoms. The van der Waals surface area contributed by atoms with Gasteiger partial charge in [0.15, 0.2) is 0 Å². The van der Waals surface area contributed by atoms with E-state index in [1.54, 1.807) is 12.4 Å². The third-order valence-electron chi connectivity index (χ3n) is 2.06. The van der Waals surface area contributed by atoms with Gasteiger partial charge in [-0.25, -0.2) is 0 Å². The lowest BCUT2D eigenvalue weighted by Gasteiger charge is -2.17. The molecule has 3 heteroatoms. The van der Waals surface area contributed by atoms with Crippen LogP contribution in [0.4, 0.5) is 0 Å². The maximum absolute atomic E-state index is 9.21. The first-order chi connectivity index (χ1) is 6.74. The summed E-state index contributed by atoms with van der Waals surface area (Å²) in [5, 5.41) is 12.5. The highest BCUT2D eigenvalue weighted by Crippen LogP contribution is 2.10. The van der Waals surface area contributed by atoms with E-state index in [1.165, 1.54) is 0 Å². The molecular weight excluding hydrogens is 176 g/mol. The zero-order valence-corrected chi connectivity index (χ0v) is 8.77. The van der Waals surface area contributed by atoms with Crippen LogP contribution in [0.3, 0.4) is 0 Å². The van der Waals surface area contributed by atoms with Gasteiger partial charge >= 0.3 is 0 Å². The van der Waals surface area contributed by atoms with E-state index in [4.69, 9.17) is 0 Å². The summed E-state index contributed by atoms with van der Waals surface area (Å²) >= 11 is 0. The Hall–Kier alpha value is -0.930. The summed E-state index contributed by atoms with van der Waals surface area (Å²) < 4.78 is 0. The van der Waals surface area contributed by atoms with E-state index in [9.17, 15) is 5.11 Å². The van der Waals surface area contributed by atoms with E-state index in [0.29, 0.717) is 5.92 Å². The van der Waals surface area contributed by atoms with Crippen molar-refractivity contribution in [2.75, 3.05) is 13.2 Å². The topological polar surface area (TPSA) is 45.1 Å². The summed E-state index contributed by atoms with van der Waals surface area (Å²) in [4.78, 5) is 3.95. The second kappa shape index (κ2) is 5.73. The van der Waals surface area contributed by atoms with Crippen molar-refractivity contribution in [3.8, 4) is 0 Å². The molecule has 0 fully saturated rings. The van der Waals surface area contributed by atoms with Crippen molar-refractivity contribution in [1.82, 2.24) is 10.3 Å². The Bertz CT molecular complexity index is 249. The van der Waals surface area contributed by atoms with Crippen LogP contribution in [0, 0.1) is 5.92 Å². The van der Waals surface area contributed by atoms with Gasteiger partial charge in [-0.1, -0.05) is 13.8 Å². The molecule has 0 aliphatic rings. The molecule has 0 bridgehead atoms. The molecule has 1 rings (SSSR count). The van der Waals surface area contributed by atoms with Crippen LogP contribution in [0.1, 0.15) is 25.5 Å². The lowest BCUT2D eigenvalue weighted by Crippen LogP contribution is -2.27. The monoisotopic (exact) mass is 194 g/mol. The average Bonchev–Trinajstić information content (AvgIpc) is 2.20. The highest BCUT2D eigenvalue weighted by atomic mass is 16.3. The smallest absolute Gasteiger partial charge is 0.0626 e. The van der Waals surface area contributed by atoms with Crippen LogP contribution in [0.2, 0.25) is 0 Å². The summed E-state index contributed by atoms with van der Waals surface area (Å²) in [5.74, 6) is 0.589. The molecule has 1 heterocycles. The second-order valence-corrected chi connectivity index (χ2v) is 3.82. The van der Waals surface area contributed by atoms with E-state index >= 15 is 0 Å². The van der Waals surface area contributed by atoms with Gasteiger partial charge in [0, 0.05) is 12.4 Å². The lowest BCUT2D eigenvalue weighted by molar-refractivity contribution is 0.241. The van der Waals surface area contributed by atoms with Crippen molar-refractivity contribution < 1.29 is 5.11 Å². The number of nitrogens with one attached hydrogen (secondary N) is 1. The van der Waals surface area contributed by atoms with E-state index in [2.05, 4.69) is 24.1 Å². The van der Waals surface area contributed by atoms with Gasteiger partial charge in [0.25, 0.3) is 0 Å². The largest absolute Gasteiger partial charge is 0.394 e. The predicted octanol–water partition coefficient (Wildman–Crippen LogP) is 1.36. The number of aliphatic hydroxyl groups is 1. The Morgan fingerprint density at radius 1 is 1.36 bits per heavy atom. The fraction of sp³-hybridized carbons (Fsp3) is 0.545. The van der Waals surface area contributed by atoms with Gasteiger partial charge in [0.2, 0.25) is 0 Å². The van der Waals surface area contributed by atoms with Crippen LogP contribution in [-0.2, 0) is 0 Å². The fourth-order valence-electron chi connectivity index (χ4n) is 1.26. The summed E-state index contributed by atoms with van der Waals surface area (Å²) in [6.45, 7) is 5.33. The number of aromatic nitrogens is 1. The van der Waals surface area contributed by atoms with Crippen molar-refractivity contribution in [3.63, 3.8) is 0 Å². The number of nitrogens with zero attached hydrogens (tertiary/aromatic N) is 1. The van der Waals surface area contributed by atoms with Gasteiger partial charge in [0.1, 0.15) is 0 Å². The van der Waals surface area contributed by atoms with Gasteiger partial charge in [-0.15, -0.1) is 0 Å². The third-order valence-corrected chi connectivity index (χ3v) is 2.06. The molecule has 1 atom stereocenters. The number of aliphatic hydroxyl groups excluding tert-OH is 1. The molecule has 2 N–H and O–H groups in total. The van der Waals surface area contributed by atoms with Crippen LogP contribution < -0.4 is 5.32 Å². The zero-order valence-electron chi connectivity index (χ0n) is 8.77. The Morgan fingerprint density at radius 2 is 2.00 bits per heavy atom.